The van der Waals surface area contributed by atoms with Gasteiger partial charge in [-0.1, -0.05) is 43.3 Å². The number of sulfonamides is 1. The van der Waals surface area contributed by atoms with E-state index in [0.717, 1.165) is 12.0 Å². The molecular weight excluding hydrogens is 454 g/mol. The van der Waals surface area contributed by atoms with E-state index in [4.69, 9.17) is 0 Å². The normalized spacial score (nSPS) is 11.7. The molecule has 0 aliphatic heterocycles. The molecule has 4 rings (SSSR count). The first kappa shape index (κ1) is 22.9. The van der Waals surface area contributed by atoms with E-state index in [1.807, 2.05) is 6.92 Å². The number of fused-ring (bicyclic) bond motifs is 1. The zero-order valence-corrected chi connectivity index (χ0v) is 19.0. The summed E-state index contributed by atoms with van der Waals surface area (Å²) in [7, 11) is -3.93. The van der Waals surface area contributed by atoms with Gasteiger partial charge in [0, 0.05) is 16.3 Å². The number of rotatable bonds is 6. The third kappa shape index (κ3) is 4.74. The lowest BCUT2D eigenvalue weighted by Gasteiger charge is -2.13. The molecule has 3 N–H and O–H groups in total. The van der Waals surface area contributed by atoms with Crippen LogP contribution in [-0.2, 0) is 16.4 Å². The number of phenolic OH excluding ortho intramolecular Hbond substituents is 2. The van der Waals surface area contributed by atoms with Gasteiger partial charge in [0.15, 0.2) is 5.75 Å². The number of hydrogen-bond donors (Lipinski definition) is 3. The Morgan fingerprint density at radius 3 is 2.21 bits per heavy atom. The number of phenols is 2. The van der Waals surface area contributed by atoms with Gasteiger partial charge >= 0.3 is 0 Å². The van der Waals surface area contributed by atoms with Crippen LogP contribution >= 0.6 is 0 Å². The van der Waals surface area contributed by atoms with Crippen LogP contribution in [0, 0.1) is 0 Å². The summed E-state index contributed by atoms with van der Waals surface area (Å²) in [6.45, 7) is 1.98. The van der Waals surface area contributed by atoms with Gasteiger partial charge in [-0.25, -0.2) is 8.42 Å². The second-order valence-electron chi connectivity index (χ2n) is 7.49. The van der Waals surface area contributed by atoms with Crippen LogP contribution in [-0.4, -0.2) is 24.5 Å². The Morgan fingerprint density at radius 1 is 0.912 bits per heavy atom. The fourth-order valence-corrected chi connectivity index (χ4v) is 4.45. The number of carbonyl (C=O) groups excluding carboxylic acids is 1. The highest BCUT2D eigenvalue weighted by atomic mass is 32.2. The minimum atomic E-state index is -3.93. The van der Waals surface area contributed by atoms with E-state index in [9.17, 15) is 23.4 Å². The second kappa shape index (κ2) is 9.32. The number of aromatic hydroxyl groups is 2. The van der Waals surface area contributed by atoms with E-state index in [0.29, 0.717) is 10.8 Å². The Bertz CT molecular complexity index is 1500. The summed E-state index contributed by atoms with van der Waals surface area (Å²) < 4.78 is 28.6. The Hall–Kier alpha value is -4.24. The average Bonchev–Trinajstić information content (AvgIpc) is 2.85. The minimum Gasteiger partial charge on any atom is -0.508 e. The number of nitrogens with zero attached hydrogens (tertiary/aromatic N) is 2. The first-order valence-electron chi connectivity index (χ1n) is 10.4. The summed E-state index contributed by atoms with van der Waals surface area (Å²) in [6, 6.07) is 20.0. The first-order valence-corrected chi connectivity index (χ1v) is 11.9. The second-order valence-corrected chi connectivity index (χ2v) is 9.17. The minimum absolute atomic E-state index is 0.00178. The Morgan fingerprint density at radius 2 is 1.56 bits per heavy atom. The maximum absolute atomic E-state index is 13.0. The van der Waals surface area contributed by atoms with Gasteiger partial charge in [0.2, 0.25) is 0 Å². The van der Waals surface area contributed by atoms with Gasteiger partial charge in [-0.15, -0.1) is 10.2 Å². The van der Waals surface area contributed by atoms with Gasteiger partial charge in [-0.05, 0) is 54.4 Å². The topological polar surface area (TPSA) is 128 Å². The third-order valence-corrected chi connectivity index (χ3v) is 6.63. The summed E-state index contributed by atoms with van der Waals surface area (Å²) in [5, 5.41) is 28.4. The third-order valence-electron chi connectivity index (χ3n) is 5.25. The van der Waals surface area contributed by atoms with Crippen molar-refractivity contribution in [3.8, 4) is 11.5 Å². The predicted octanol–water partition coefficient (Wildman–Crippen LogP) is 5.54. The molecule has 4 aromatic rings. The molecule has 0 radical (unpaired) electrons. The van der Waals surface area contributed by atoms with E-state index < -0.39 is 15.9 Å². The molecule has 0 aliphatic carbocycles. The molecule has 0 heterocycles. The van der Waals surface area contributed by atoms with Crippen molar-refractivity contribution in [1.82, 2.24) is 0 Å². The lowest BCUT2D eigenvalue weighted by molar-refractivity contribution is 0.0995. The smallest absolute Gasteiger partial charge is 0.295 e. The fourth-order valence-electron chi connectivity index (χ4n) is 3.37. The van der Waals surface area contributed by atoms with E-state index in [1.165, 1.54) is 42.5 Å². The Labute approximate surface area is 196 Å². The molecular formula is C25H21N3O5S. The van der Waals surface area contributed by atoms with Crippen LogP contribution in [0.4, 0.5) is 11.4 Å². The SMILES string of the molecule is CCc1ccc(S(=O)(=O)Nc2cc(N=NC(=O)c3ccc(O)cc3)c(O)c3ccccc23)cc1. The number of hydrogen-bond acceptors (Lipinski definition) is 6. The van der Waals surface area contributed by atoms with Crippen molar-refractivity contribution in [1.29, 1.82) is 0 Å². The van der Waals surface area contributed by atoms with Crippen LogP contribution in [0.15, 0.2) is 94.0 Å². The average molecular weight is 476 g/mol. The number of nitrogens with one attached hydrogen (secondary N) is 1. The van der Waals surface area contributed by atoms with Gasteiger partial charge < -0.3 is 10.2 Å². The molecule has 9 heteroatoms. The lowest BCUT2D eigenvalue weighted by atomic mass is 10.1. The van der Waals surface area contributed by atoms with Crippen LogP contribution in [0.1, 0.15) is 22.8 Å². The maximum Gasteiger partial charge on any atom is 0.295 e. The quantitative estimate of drug-likeness (QED) is 0.249. The number of carbonyl (C=O) groups is 1. The number of aryl methyl sites for hydroxylation is 1. The summed E-state index contributed by atoms with van der Waals surface area (Å²) in [6.07, 6.45) is 0.785. The lowest BCUT2D eigenvalue weighted by Crippen LogP contribution is -2.13. The highest BCUT2D eigenvalue weighted by molar-refractivity contribution is 7.92. The van der Waals surface area contributed by atoms with Crippen LogP contribution in [0.2, 0.25) is 0 Å². The molecule has 0 saturated carbocycles. The molecule has 0 bridgehead atoms. The molecule has 0 aliphatic rings. The standard InChI is InChI=1S/C25H21N3O5S/c1-2-16-7-13-19(14-8-16)34(32,33)28-22-15-23(24(30)21-6-4-3-5-20(21)22)26-27-25(31)17-9-11-18(29)12-10-17/h3-15,28-30H,2H2,1H3. The first-order chi connectivity index (χ1) is 16.3. The Balaban J connectivity index is 1.73. The monoisotopic (exact) mass is 475 g/mol. The van der Waals surface area contributed by atoms with Gasteiger partial charge in [0.1, 0.15) is 11.4 Å². The molecule has 0 aromatic heterocycles. The van der Waals surface area contributed by atoms with Crippen LogP contribution in [0.3, 0.4) is 0 Å². The van der Waals surface area contributed by atoms with E-state index in [1.54, 1.807) is 36.4 Å². The Kier molecular flexibility index (Phi) is 6.29. The van der Waals surface area contributed by atoms with Crippen LogP contribution in [0.25, 0.3) is 10.8 Å². The highest BCUT2D eigenvalue weighted by Gasteiger charge is 2.19. The van der Waals surface area contributed by atoms with Crippen molar-refractivity contribution in [2.45, 2.75) is 18.2 Å². The van der Waals surface area contributed by atoms with E-state index in [-0.39, 0.29) is 33.3 Å². The molecule has 4 aromatic carbocycles. The van der Waals surface area contributed by atoms with Crippen molar-refractivity contribution in [2.24, 2.45) is 10.2 Å². The number of azo groups is 1. The molecule has 0 fully saturated rings. The van der Waals surface area contributed by atoms with Crippen LogP contribution in [0.5, 0.6) is 11.5 Å². The van der Waals surface area contributed by atoms with E-state index >= 15 is 0 Å². The largest absolute Gasteiger partial charge is 0.508 e. The van der Waals surface area contributed by atoms with Crippen LogP contribution < -0.4 is 4.72 Å². The molecule has 172 valence electrons. The van der Waals surface area contributed by atoms with Gasteiger partial charge in [-0.3, -0.25) is 9.52 Å². The van der Waals surface area contributed by atoms with Crippen molar-refractivity contribution < 1.29 is 23.4 Å². The molecule has 0 saturated heterocycles. The summed E-state index contributed by atoms with van der Waals surface area (Å²) in [5.41, 5.74) is 1.30. The maximum atomic E-state index is 13.0. The highest BCUT2D eigenvalue weighted by Crippen LogP contribution is 2.40. The van der Waals surface area contributed by atoms with Crippen molar-refractivity contribution in [3.05, 3.63) is 90.0 Å². The van der Waals surface area contributed by atoms with Crippen molar-refractivity contribution >= 4 is 38.1 Å². The number of amides is 1. The van der Waals surface area contributed by atoms with Crippen molar-refractivity contribution in [2.75, 3.05) is 4.72 Å². The van der Waals surface area contributed by atoms with Gasteiger partial charge in [0.25, 0.3) is 15.9 Å². The zero-order valence-electron chi connectivity index (χ0n) is 18.1. The molecule has 0 spiro atoms. The van der Waals surface area contributed by atoms with Gasteiger partial charge in [0.05, 0.1) is 10.6 Å². The van der Waals surface area contributed by atoms with Gasteiger partial charge in [-0.2, -0.15) is 0 Å². The summed E-state index contributed by atoms with van der Waals surface area (Å²) >= 11 is 0. The molecule has 34 heavy (non-hydrogen) atoms. The number of benzene rings is 4. The summed E-state index contributed by atoms with van der Waals surface area (Å²) in [5.74, 6) is -0.930. The van der Waals surface area contributed by atoms with Crippen molar-refractivity contribution in [3.63, 3.8) is 0 Å². The zero-order chi connectivity index (χ0) is 24.3. The molecule has 0 unspecified atom stereocenters. The molecule has 0 atom stereocenters. The molecule has 1 amide bonds. The van der Waals surface area contributed by atoms with E-state index in [2.05, 4.69) is 15.0 Å². The number of anilines is 1. The molecule has 8 nitrogen and oxygen atoms in total. The summed E-state index contributed by atoms with van der Waals surface area (Å²) in [4.78, 5) is 12.4. The fraction of sp³-hybridized carbons (Fsp3) is 0.0800. The predicted molar refractivity (Wildman–Crippen MR) is 129 cm³/mol.